The zero-order valence-corrected chi connectivity index (χ0v) is 13.3. The van der Waals surface area contributed by atoms with Crippen molar-refractivity contribution in [2.45, 2.75) is 26.2 Å². The summed E-state index contributed by atoms with van der Waals surface area (Å²) in [6.07, 6.45) is 0.856. The van der Waals surface area contributed by atoms with Gasteiger partial charge in [0.15, 0.2) is 0 Å². The summed E-state index contributed by atoms with van der Waals surface area (Å²) >= 11 is 0. The van der Waals surface area contributed by atoms with Gasteiger partial charge in [-0.3, -0.25) is 4.79 Å². The largest absolute Gasteiger partial charge is 0.376 e. The van der Waals surface area contributed by atoms with Crippen LogP contribution in [0.4, 0.5) is 5.69 Å². The van der Waals surface area contributed by atoms with Gasteiger partial charge in [0.05, 0.1) is 6.54 Å². The zero-order chi connectivity index (χ0) is 15.8. The molecule has 0 atom stereocenters. The highest BCUT2D eigenvalue weighted by molar-refractivity contribution is 5.81. The summed E-state index contributed by atoms with van der Waals surface area (Å²) in [6, 6.07) is 18.3. The number of rotatable bonds is 7. The molecule has 0 unspecified atom stereocenters. The molecule has 2 aromatic rings. The number of anilines is 1. The minimum Gasteiger partial charge on any atom is -0.376 e. The normalized spacial score (nSPS) is 10.5. The van der Waals surface area contributed by atoms with Gasteiger partial charge in [0.25, 0.3) is 0 Å². The average molecular weight is 296 g/mol. The Morgan fingerprint density at radius 3 is 2.41 bits per heavy atom. The van der Waals surface area contributed by atoms with E-state index in [4.69, 9.17) is 0 Å². The van der Waals surface area contributed by atoms with Crippen LogP contribution in [-0.4, -0.2) is 19.0 Å². The predicted octanol–water partition coefficient (Wildman–Crippen LogP) is 3.58. The van der Waals surface area contributed by atoms with E-state index in [1.54, 1.807) is 0 Å². The number of carbonyl (C=O) groups is 1. The Labute approximate surface area is 132 Å². The van der Waals surface area contributed by atoms with Gasteiger partial charge in [-0.1, -0.05) is 62.4 Å². The van der Waals surface area contributed by atoms with Crippen molar-refractivity contribution in [3.8, 4) is 0 Å². The molecule has 2 rings (SSSR count). The Kier molecular flexibility index (Phi) is 6.01. The summed E-state index contributed by atoms with van der Waals surface area (Å²) in [6.45, 7) is 5.27. The summed E-state index contributed by atoms with van der Waals surface area (Å²) in [5.41, 5.74) is 3.51. The van der Waals surface area contributed by atoms with E-state index in [2.05, 4.69) is 42.7 Å². The second-order valence-corrected chi connectivity index (χ2v) is 5.68. The molecule has 2 N–H and O–H groups in total. The molecule has 0 heterocycles. The van der Waals surface area contributed by atoms with E-state index in [0.717, 1.165) is 12.1 Å². The first-order chi connectivity index (χ1) is 10.7. The number of hydrogen-bond acceptors (Lipinski definition) is 2. The number of carbonyl (C=O) groups excluding carboxylic acids is 1. The smallest absolute Gasteiger partial charge is 0.239 e. The van der Waals surface area contributed by atoms with E-state index in [-0.39, 0.29) is 5.91 Å². The molecule has 1 amide bonds. The van der Waals surface area contributed by atoms with Gasteiger partial charge in [-0.25, -0.2) is 0 Å². The molecule has 0 aliphatic carbocycles. The zero-order valence-electron chi connectivity index (χ0n) is 13.3. The van der Waals surface area contributed by atoms with Crippen molar-refractivity contribution in [3.63, 3.8) is 0 Å². The molecule has 0 aliphatic rings. The van der Waals surface area contributed by atoms with E-state index in [1.165, 1.54) is 11.1 Å². The molecular formula is C19H24N2O. The van der Waals surface area contributed by atoms with Crippen LogP contribution in [-0.2, 0) is 11.2 Å². The fourth-order valence-electron chi connectivity index (χ4n) is 2.39. The maximum absolute atomic E-state index is 11.9. The van der Waals surface area contributed by atoms with Crippen LogP contribution < -0.4 is 10.6 Å². The van der Waals surface area contributed by atoms with Crippen molar-refractivity contribution >= 4 is 11.6 Å². The highest BCUT2D eigenvalue weighted by Crippen LogP contribution is 2.23. The molecule has 3 heteroatoms. The number of benzene rings is 2. The molecule has 0 bridgehead atoms. The van der Waals surface area contributed by atoms with Crippen molar-refractivity contribution < 1.29 is 4.79 Å². The second-order valence-electron chi connectivity index (χ2n) is 5.68. The Bertz CT molecular complexity index is 593. The van der Waals surface area contributed by atoms with Crippen molar-refractivity contribution in [2.24, 2.45) is 0 Å². The van der Waals surface area contributed by atoms with Crippen LogP contribution in [0, 0.1) is 0 Å². The molecule has 0 fully saturated rings. The average Bonchev–Trinajstić information content (AvgIpc) is 2.54. The van der Waals surface area contributed by atoms with E-state index < -0.39 is 0 Å². The lowest BCUT2D eigenvalue weighted by molar-refractivity contribution is -0.119. The monoisotopic (exact) mass is 296 g/mol. The lowest BCUT2D eigenvalue weighted by Crippen LogP contribution is -2.31. The lowest BCUT2D eigenvalue weighted by atomic mass is 10.0. The number of para-hydroxylation sites is 1. The predicted molar refractivity (Wildman–Crippen MR) is 92.2 cm³/mol. The van der Waals surface area contributed by atoms with Crippen molar-refractivity contribution in [2.75, 3.05) is 18.4 Å². The fourth-order valence-corrected chi connectivity index (χ4v) is 2.39. The Morgan fingerprint density at radius 1 is 1.00 bits per heavy atom. The quantitative estimate of drug-likeness (QED) is 0.820. The first-order valence-corrected chi connectivity index (χ1v) is 7.80. The molecule has 0 spiro atoms. The molecule has 116 valence electrons. The van der Waals surface area contributed by atoms with E-state index in [1.807, 2.05) is 36.4 Å². The summed E-state index contributed by atoms with van der Waals surface area (Å²) in [5.74, 6) is 0.458. The van der Waals surface area contributed by atoms with Gasteiger partial charge in [0, 0.05) is 12.2 Å². The minimum absolute atomic E-state index is 0.0227. The summed E-state index contributed by atoms with van der Waals surface area (Å²) < 4.78 is 0. The fraction of sp³-hybridized carbons (Fsp3) is 0.316. The molecule has 0 aromatic heterocycles. The summed E-state index contributed by atoms with van der Waals surface area (Å²) in [7, 11) is 0. The molecule has 0 saturated heterocycles. The van der Waals surface area contributed by atoms with Gasteiger partial charge in [0.1, 0.15) is 0 Å². The van der Waals surface area contributed by atoms with Crippen LogP contribution in [0.1, 0.15) is 30.9 Å². The third-order valence-electron chi connectivity index (χ3n) is 3.60. The molecule has 2 aromatic carbocycles. The highest BCUT2D eigenvalue weighted by Gasteiger charge is 2.07. The number of nitrogens with one attached hydrogen (secondary N) is 2. The second kappa shape index (κ2) is 8.23. The first-order valence-electron chi connectivity index (χ1n) is 7.80. The highest BCUT2D eigenvalue weighted by atomic mass is 16.1. The SMILES string of the molecule is CC(C)c1ccccc1NCC(=O)NCCc1ccccc1. The van der Waals surface area contributed by atoms with E-state index in [9.17, 15) is 4.79 Å². The Hall–Kier alpha value is -2.29. The lowest BCUT2D eigenvalue weighted by Gasteiger charge is -2.14. The molecule has 0 saturated carbocycles. The van der Waals surface area contributed by atoms with Crippen LogP contribution in [0.25, 0.3) is 0 Å². The third kappa shape index (κ3) is 4.92. The van der Waals surface area contributed by atoms with E-state index >= 15 is 0 Å². The molecule has 22 heavy (non-hydrogen) atoms. The third-order valence-corrected chi connectivity index (χ3v) is 3.60. The Balaban J connectivity index is 1.76. The van der Waals surface area contributed by atoms with Crippen LogP contribution in [0.5, 0.6) is 0 Å². The maximum atomic E-state index is 11.9. The van der Waals surface area contributed by atoms with Gasteiger partial charge in [0.2, 0.25) is 5.91 Å². The maximum Gasteiger partial charge on any atom is 0.239 e. The van der Waals surface area contributed by atoms with Crippen molar-refractivity contribution in [3.05, 3.63) is 65.7 Å². The number of hydrogen-bond donors (Lipinski definition) is 2. The van der Waals surface area contributed by atoms with Crippen LogP contribution in [0.2, 0.25) is 0 Å². The van der Waals surface area contributed by atoms with Crippen LogP contribution in [0.15, 0.2) is 54.6 Å². The van der Waals surface area contributed by atoms with Gasteiger partial charge >= 0.3 is 0 Å². The van der Waals surface area contributed by atoms with Gasteiger partial charge in [-0.05, 0) is 29.5 Å². The van der Waals surface area contributed by atoms with E-state index in [0.29, 0.717) is 19.0 Å². The summed E-state index contributed by atoms with van der Waals surface area (Å²) in [5, 5.41) is 6.18. The molecule has 3 nitrogen and oxygen atoms in total. The first kappa shape index (κ1) is 16.1. The van der Waals surface area contributed by atoms with Crippen molar-refractivity contribution in [1.29, 1.82) is 0 Å². The van der Waals surface area contributed by atoms with Gasteiger partial charge < -0.3 is 10.6 Å². The van der Waals surface area contributed by atoms with Gasteiger partial charge in [-0.2, -0.15) is 0 Å². The van der Waals surface area contributed by atoms with Gasteiger partial charge in [-0.15, -0.1) is 0 Å². The van der Waals surface area contributed by atoms with Crippen LogP contribution >= 0.6 is 0 Å². The number of amides is 1. The molecule has 0 radical (unpaired) electrons. The molecule has 0 aliphatic heterocycles. The summed E-state index contributed by atoms with van der Waals surface area (Å²) in [4.78, 5) is 11.9. The minimum atomic E-state index is 0.0227. The molecular weight excluding hydrogens is 272 g/mol. The standard InChI is InChI=1S/C19H24N2O/c1-15(2)17-10-6-7-11-18(17)21-14-19(22)20-13-12-16-8-4-3-5-9-16/h3-11,15,21H,12-14H2,1-2H3,(H,20,22). The topological polar surface area (TPSA) is 41.1 Å². The van der Waals surface area contributed by atoms with Crippen molar-refractivity contribution in [1.82, 2.24) is 5.32 Å². The van der Waals surface area contributed by atoms with Crippen LogP contribution in [0.3, 0.4) is 0 Å². The Morgan fingerprint density at radius 2 is 1.68 bits per heavy atom.